The van der Waals surface area contributed by atoms with Crippen molar-refractivity contribution in [2.45, 2.75) is 38.6 Å². The van der Waals surface area contributed by atoms with Crippen molar-refractivity contribution in [2.24, 2.45) is 0 Å². The smallest absolute Gasteiger partial charge is 0.122 e. The molecule has 3 heteroatoms. The SMILES string of the molecule is COc1ccc(CCNC2CCNC2)cc1C(C)C. The van der Waals surface area contributed by atoms with E-state index >= 15 is 0 Å². The molecule has 1 unspecified atom stereocenters. The zero-order valence-corrected chi connectivity index (χ0v) is 12.3. The number of rotatable bonds is 6. The van der Waals surface area contributed by atoms with Crippen LogP contribution in [-0.2, 0) is 6.42 Å². The third kappa shape index (κ3) is 3.95. The highest BCUT2D eigenvalue weighted by molar-refractivity contribution is 5.39. The van der Waals surface area contributed by atoms with Crippen LogP contribution in [-0.4, -0.2) is 32.8 Å². The van der Waals surface area contributed by atoms with Crippen LogP contribution in [0.4, 0.5) is 0 Å². The highest BCUT2D eigenvalue weighted by atomic mass is 16.5. The third-order valence-corrected chi connectivity index (χ3v) is 3.82. The molecule has 1 atom stereocenters. The molecule has 106 valence electrons. The Morgan fingerprint density at radius 2 is 2.26 bits per heavy atom. The summed E-state index contributed by atoms with van der Waals surface area (Å²) in [4.78, 5) is 0. The van der Waals surface area contributed by atoms with E-state index < -0.39 is 0 Å². The van der Waals surface area contributed by atoms with Crippen molar-refractivity contribution in [3.63, 3.8) is 0 Å². The van der Waals surface area contributed by atoms with Crippen LogP contribution in [0.3, 0.4) is 0 Å². The maximum atomic E-state index is 5.42. The summed E-state index contributed by atoms with van der Waals surface area (Å²) in [6.45, 7) is 7.74. The fourth-order valence-electron chi connectivity index (χ4n) is 2.64. The number of hydrogen-bond acceptors (Lipinski definition) is 3. The normalized spacial score (nSPS) is 19.1. The fraction of sp³-hybridized carbons (Fsp3) is 0.625. The molecule has 1 aromatic carbocycles. The Morgan fingerprint density at radius 1 is 1.42 bits per heavy atom. The van der Waals surface area contributed by atoms with Gasteiger partial charge in [0, 0.05) is 12.6 Å². The molecule has 19 heavy (non-hydrogen) atoms. The van der Waals surface area contributed by atoms with Crippen LogP contribution < -0.4 is 15.4 Å². The van der Waals surface area contributed by atoms with E-state index in [1.807, 2.05) is 0 Å². The van der Waals surface area contributed by atoms with E-state index in [2.05, 4.69) is 42.7 Å². The molecular weight excluding hydrogens is 236 g/mol. The van der Waals surface area contributed by atoms with Gasteiger partial charge in [0.05, 0.1) is 7.11 Å². The first kappa shape index (κ1) is 14.4. The lowest BCUT2D eigenvalue weighted by Crippen LogP contribution is -2.32. The number of hydrogen-bond donors (Lipinski definition) is 2. The number of ether oxygens (including phenoxy) is 1. The summed E-state index contributed by atoms with van der Waals surface area (Å²) in [7, 11) is 1.75. The molecule has 0 bridgehead atoms. The molecular formula is C16H26N2O. The lowest BCUT2D eigenvalue weighted by atomic mass is 9.98. The molecule has 0 spiro atoms. The first-order chi connectivity index (χ1) is 9.20. The Kier molecular flexibility index (Phi) is 5.23. The number of methoxy groups -OCH3 is 1. The number of benzene rings is 1. The van der Waals surface area contributed by atoms with Gasteiger partial charge in [0.2, 0.25) is 0 Å². The van der Waals surface area contributed by atoms with Gasteiger partial charge < -0.3 is 15.4 Å². The Labute approximate surface area is 116 Å². The van der Waals surface area contributed by atoms with Crippen LogP contribution in [0.1, 0.15) is 37.3 Å². The van der Waals surface area contributed by atoms with Crippen LogP contribution in [0.5, 0.6) is 5.75 Å². The van der Waals surface area contributed by atoms with Crippen LogP contribution >= 0.6 is 0 Å². The van der Waals surface area contributed by atoms with Crippen LogP contribution in [0, 0.1) is 0 Å². The van der Waals surface area contributed by atoms with Gasteiger partial charge in [-0.1, -0.05) is 26.0 Å². The van der Waals surface area contributed by atoms with E-state index in [0.717, 1.165) is 31.8 Å². The summed E-state index contributed by atoms with van der Waals surface area (Å²) in [5.74, 6) is 1.51. The molecule has 1 heterocycles. The minimum atomic E-state index is 0.502. The van der Waals surface area contributed by atoms with Crippen molar-refractivity contribution in [3.05, 3.63) is 29.3 Å². The highest BCUT2D eigenvalue weighted by Crippen LogP contribution is 2.27. The van der Waals surface area contributed by atoms with E-state index in [4.69, 9.17) is 4.74 Å². The second kappa shape index (κ2) is 6.92. The highest BCUT2D eigenvalue weighted by Gasteiger charge is 2.13. The van der Waals surface area contributed by atoms with Gasteiger partial charge in [-0.3, -0.25) is 0 Å². The molecule has 3 nitrogen and oxygen atoms in total. The van der Waals surface area contributed by atoms with Crippen molar-refractivity contribution in [3.8, 4) is 5.75 Å². The van der Waals surface area contributed by atoms with Gasteiger partial charge in [-0.25, -0.2) is 0 Å². The average molecular weight is 262 g/mol. The molecule has 1 aliphatic heterocycles. The van der Waals surface area contributed by atoms with E-state index in [-0.39, 0.29) is 0 Å². The number of nitrogens with one attached hydrogen (secondary N) is 2. The van der Waals surface area contributed by atoms with Crippen molar-refractivity contribution < 1.29 is 4.74 Å². The Balaban J connectivity index is 1.90. The molecule has 0 saturated carbocycles. The summed E-state index contributed by atoms with van der Waals surface area (Å²) < 4.78 is 5.42. The molecule has 1 aromatic rings. The Morgan fingerprint density at radius 3 is 2.89 bits per heavy atom. The first-order valence-corrected chi connectivity index (χ1v) is 7.31. The predicted octanol–water partition coefficient (Wildman–Crippen LogP) is 2.31. The van der Waals surface area contributed by atoms with Crippen molar-refractivity contribution in [1.82, 2.24) is 10.6 Å². The van der Waals surface area contributed by atoms with Crippen LogP contribution in [0.25, 0.3) is 0 Å². The maximum Gasteiger partial charge on any atom is 0.122 e. The van der Waals surface area contributed by atoms with E-state index in [1.54, 1.807) is 7.11 Å². The van der Waals surface area contributed by atoms with Crippen LogP contribution in [0.15, 0.2) is 18.2 Å². The van der Waals surface area contributed by atoms with Gasteiger partial charge in [0.25, 0.3) is 0 Å². The van der Waals surface area contributed by atoms with Gasteiger partial charge in [0.1, 0.15) is 5.75 Å². The Hall–Kier alpha value is -1.06. The first-order valence-electron chi connectivity index (χ1n) is 7.31. The fourth-order valence-corrected chi connectivity index (χ4v) is 2.64. The third-order valence-electron chi connectivity index (χ3n) is 3.82. The molecule has 2 N–H and O–H groups in total. The van der Waals surface area contributed by atoms with Crippen molar-refractivity contribution in [2.75, 3.05) is 26.7 Å². The second-order valence-electron chi connectivity index (χ2n) is 5.62. The van der Waals surface area contributed by atoms with Crippen LogP contribution in [0.2, 0.25) is 0 Å². The van der Waals surface area contributed by atoms with Crippen molar-refractivity contribution in [1.29, 1.82) is 0 Å². The van der Waals surface area contributed by atoms with Gasteiger partial charge >= 0.3 is 0 Å². The quantitative estimate of drug-likeness (QED) is 0.825. The van der Waals surface area contributed by atoms with Gasteiger partial charge in [-0.2, -0.15) is 0 Å². The molecule has 0 radical (unpaired) electrons. The van der Waals surface area contributed by atoms with Gasteiger partial charge in [-0.05, 0) is 49.0 Å². The molecule has 1 fully saturated rings. The molecule has 1 aliphatic rings. The average Bonchev–Trinajstić information content (AvgIpc) is 2.91. The van der Waals surface area contributed by atoms with E-state index in [1.165, 1.54) is 17.5 Å². The standard InChI is InChI=1S/C16H26N2O/c1-12(2)15-10-13(4-5-16(15)19-3)6-9-18-14-7-8-17-11-14/h4-5,10,12,14,17-18H,6-9,11H2,1-3H3. The summed E-state index contributed by atoms with van der Waals surface area (Å²) in [5.41, 5.74) is 2.70. The second-order valence-corrected chi connectivity index (χ2v) is 5.62. The molecule has 0 amide bonds. The topological polar surface area (TPSA) is 33.3 Å². The molecule has 0 aliphatic carbocycles. The predicted molar refractivity (Wildman–Crippen MR) is 80.1 cm³/mol. The van der Waals surface area contributed by atoms with Gasteiger partial charge in [0.15, 0.2) is 0 Å². The lowest BCUT2D eigenvalue weighted by molar-refractivity contribution is 0.407. The summed E-state index contributed by atoms with van der Waals surface area (Å²) in [6.07, 6.45) is 2.33. The summed E-state index contributed by atoms with van der Waals surface area (Å²) in [5, 5.41) is 6.99. The largest absolute Gasteiger partial charge is 0.496 e. The minimum absolute atomic E-state index is 0.502. The zero-order chi connectivity index (χ0) is 13.7. The summed E-state index contributed by atoms with van der Waals surface area (Å²) >= 11 is 0. The summed E-state index contributed by atoms with van der Waals surface area (Å²) in [6, 6.07) is 7.22. The Bertz CT molecular complexity index is 398. The van der Waals surface area contributed by atoms with Crippen molar-refractivity contribution >= 4 is 0 Å². The zero-order valence-electron chi connectivity index (χ0n) is 12.3. The monoisotopic (exact) mass is 262 g/mol. The van der Waals surface area contributed by atoms with Gasteiger partial charge in [-0.15, -0.1) is 0 Å². The van der Waals surface area contributed by atoms with E-state index in [0.29, 0.717) is 12.0 Å². The van der Waals surface area contributed by atoms with E-state index in [9.17, 15) is 0 Å². The molecule has 0 aromatic heterocycles. The maximum absolute atomic E-state index is 5.42. The molecule has 2 rings (SSSR count). The molecule has 1 saturated heterocycles. The lowest BCUT2D eigenvalue weighted by Gasteiger charge is -2.15. The minimum Gasteiger partial charge on any atom is -0.496 e.